The van der Waals surface area contributed by atoms with E-state index >= 15 is 0 Å². The van der Waals surface area contributed by atoms with Gasteiger partial charge in [-0.1, -0.05) is 48.0 Å². The number of thioether (sulfide) groups is 1. The van der Waals surface area contributed by atoms with Gasteiger partial charge in [0.05, 0.1) is 17.9 Å². The highest BCUT2D eigenvalue weighted by Gasteiger charge is 2.17. The second-order valence-corrected chi connectivity index (χ2v) is 9.93. The predicted octanol–water partition coefficient (Wildman–Crippen LogP) is 6.44. The monoisotopic (exact) mass is 572 g/mol. The fourth-order valence-corrected chi connectivity index (χ4v) is 4.77. The number of ether oxygens (including phenoxy) is 1. The van der Waals surface area contributed by atoms with Gasteiger partial charge in [-0.2, -0.15) is 0 Å². The summed E-state index contributed by atoms with van der Waals surface area (Å²) in [6.07, 6.45) is 1.47. The zero-order chi connectivity index (χ0) is 28.5. The molecule has 0 heterocycles. The van der Waals surface area contributed by atoms with Gasteiger partial charge in [0, 0.05) is 33.3 Å². The van der Waals surface area contributed by atoms with E-state index in [0.29, 0.717) is 33.1 Å². The lowest BCUT2D eigenvalue weighted by Crippen LogP contribution is -2.30. The minimum atomic E-state index is -0.575. The number of methoxy groups -OCH3 is 1. The second-order valence-electron chi connectivity index (χ2n) is 8.48. The molecule has 0 saturated carbocycles. The highest BCUT2D eigenvalue weighted by atomic mass is 35.5. The summed E-state index contributed by atoms with van der Waals surface area (Å²) in [5.41, 5.74) is 1.74. The topological polar surface area (TPSA) is 105 Å². The minimum absolute atomic E-state index is 0.00402. The maximum absolute atomic E-state index is 13.4. The molecular weight excluding hydrogens is 548 g/mol. The van der Waals surface area contributed by atoms with E-state index in [1.807, 2.05) is 6.07 Å². The number of nitrogens with one attached hydrogen (secondary N) is 2. The van der Waals surface area contributed by atoms with Crippen LogP contribution >= 0.6 is 23.4 Å². The van der Waals surface area contributed by atoms with E-state index in [-0.39, 0.29) is 23.0 Å². The van der Waals surface area contributed by atoms with Gasteiger partial charge < -0.3 is 20.5 Å². The number of amides is 2. The van der Waals surface area contributed by atoms with E-state index < -0.39 is 11.8 Å². The van der Waals surface area contributed by atoms with Gasteiger partial charge in [0.1, 0.15) is 17.2 Å². The van der Waals surface area contributed by atoms with Crippen molar-refractivity contribution in [3.63, 3.8) is 0 Å². The molecular formula is C31H25ClN2O5S. The molecule has 0 aliphatic carbocycles. The highest BCUT2D eigenvalue weighted by molar-refractivity contribution is 8.00. The third kappa shape index (κ3) is 7.53. The number of benzene rings is 4. The number of carbonyl (C=O) groups excluding carboxylic acids is 3. The number of anilines is 1. The van der Waals surface area contributed by atoms with Gasteiger partial charge in [0.2, 0.25) is 0 Å². The molecule has 40 heavy (non-hydrogen) atoms. The van der Waals surface area contributed by atoms with Gasteiger partial charge in [-0.15, -0.1) is 11.8 Å². The molecule has 0 bridgehead atoms. The molecule has 0 aliphatic heterocycles. The van der Waals surface area contributed by atoms with Crippen LogP contribution in [0.4, 0.5) is 5.69 Å². The van der Waals surface area contributed by atoms with E-state index in [2.05, 4.69) is 10.6 Å². The lowest BCUT2D eigenvalue weighted by atomic mass is 10.1. The van der Waals surface area contributed by atoms with Crippen LogP contribution in [0.15, 0.2) is 108 Å². The van der Waals surface area contributed by atoms with Crippen molar-refractivity contribution in [1.82, 2.24) is 5.32 Å². The Labute approximate surface area is 240 Å². The molecule has 0 aliphatic rings. The maximum Gasteiger partial charge on any atom is 0.272 e. The van der Waals surface area contributed by atoms with Crippen LogP contribution in [0, 0.1) is 0 Å². The molecule has 9 heteroatoms. The Morgan fingerprint density at radius 3 is 2.42 bits per heavy atom. The number of phenolic OH excluding ortho intramolecular Hbond substituents is 1. The molecule has 0 radical (unpaired) electrons. The number of Topliss-reactive ketones (excluding diaryl/α,β-unsaturated/α-hetero) is 1. The summed E-state index contributed by atoms with van der Waals surface area (Å²) >= 11 is 7.45. The molecule has 0 spiro atoms. The highest BCUT2D eigenvalue weighted by Crippen LogP contribution is 2.27. The average Bonchev–Trinajstić information content (AvgIpc) is 2.97. The first-order valence-electron chi connectivity index (χ1n) is 12.1. The number of carbonyl (C=O) groups is 3. The number of halogens is 1. The Morgan fingerprint density at radius 1 is 0.925 bits per heavy atom. The smallest absolute Gasteiger partial charge is 0.272 e. The molecule has 0 aromatic heterocycles. The zero-order valence-electron chi connectivity index (χ0n) is 21.4. The average molecular weight is 573 g/mol. The quantitative estimate of drug-likeness (QED) is 0.115. The number of aromatic hydroxyl groups is 1. The summed E-state index contributed by atoms with van der Waals surface area (Å²) in [7, 11) is 1.44. The normalized spacial score (nSPS) is 11.0. The van der Waals surface area contributed by atoms with Crippen LogP contribution in [-0.4, -0.2) is 35.6 Å². The summed E-state index contributed by atoms with van der Waals surface area (Å²) in [6.45, 7) is 0. The van der Waals surface area contributed by atoms with Crippen molar-refractivity contribution >= 4 is 52.7 Å². The minimum Gasteiger partial charge on any atom is -0.508 e. The first-order valence-corrected chi connectivity index (χ1v) is 13.5. The zero-order valence-corrected chi connectivity index (χ0v) is 23.0. The van der Waals surface area contributed by atoms with E-state index in [4.69, 9.17) is 16.3 Å². The van der Waals surface area contributed by atoms with Crippen LogP contribution in [0.2, 0.25) is 5.02 Å². The number of hydrogen-bond acceptors (Lipinski definition) is 6. The molecule has 4 aromatic carbocycles. The van der Waals surface area contributed by atoms with Gasteiger partial charge >= 0.3 is 0 Å². The van der Waals surface area contributed by atoms with Gasteiger partial charge in [-0.3, -0.25) is 14.4 Å². The predicted molar refractivity (Wildman–Crippen MR) is 158 cm³/mol. The van der Waals surface area contributed by atoms with Gasteiger partial charge in [0.15, 0.2) is 5.78 Å². The molecule has 0 unspecified atom stereocenters. The SMILES string of the molecule is COc1cc(O)ccc1/C=C(\NC(=O)c1ccccc1)C(=O)Nc1cccc(SCC(=O)c2ccccc2Cl)c1. The summed E-state index contributed by atoms with van der Waals surface area (Å²) in [6, 6.07) is 26.8. The molecule has 202 valence electrons. The third-order valence-corrected chi connectivity index (χ3v) is 7.01. The Kier molecular flexibility index (Phi) is 9.62. The fourth-order valence-electron chi connectivity index (χ4n) is 3.69. The Morgan fingerprint density at radius 2 is 1.68 bits per heavy atom. The second kappa shape index (κ2) is 13.5. The summed E-state index contributed by atoms with van der Waals surface area (Å²) < 4.78 is 5.33. The Balaban J connectivity index is 1.54. The van der Waals surface area contributed by atoms with Crippen molar-refractivity contribution in [2.75, 3.05) is 18.2 Å². The van der Waals surface area contributed by atoms with Crippen molar-refractivity contribution in [2.45, 2.75) is 4.90 Å². The van der Waals surface area contributed by atoms with Crippen LogP contribution in [0.5, 0.6) is 11.5 Å². The lowest BCUT2D eigenvalue weighted by molar-refractivity contribution is -0.113. The number of phenols is 1. The Bertz CT molecular complexity index is 1570. The summed E-state index contributed by atoms with van der Waals surface area (Å²) in [4.78, 5) is 39.7. The van der Waals surface area contributed by atoms with Crippen molar-refractivity contribution in [1.29, 1.82) is 0 Å². The van der Waals surface area contributed by atoms with Crippen LogP contribution < -0.4 is 15.4 Å². The van der Waals surface area contributed by atoms with Gasteiger partial charge in [0.25, 0.3) is 11.8 Å². The lowest BCUT2D eigenvalue weighted by Gasteiger charge is -2.13. The van der Waals surface area contributed by atoms with E-state index in [0.717, 1.165) is 4.90 Å². The maximum atomic E-state index is 13.4. The van der Waals surface area contributed by atoms with Crippen molar-refractivity contribution in [3.8, 4) is 11.5 Å². The molecule has 4 rings (SSSR count). The van der Waals surface area contributed by atoms with Crippen LogP contribution in [0.3, 0.4) is 0 Å². The molecule has 0 fully saturated rings. The summed E-state index contributed by atoms with van der Waals surface area (Å²) in [5, 5.41) is 15.7. The van der Waals surface area contributed by atoms with E-state index in [9.17, 15) is 19.5 Å². The van der Waals surface area contributed by atoms with Crippen molar-refractivity contribution in [2.24, 2.45) is 0 Å². The molecule has 4 aromatic rings. The number of hydrogen-bond donors (Lipinski definition) is 3. The van der Waals surface area contributed by atoms with Gasteiger partial charge in [-0.25, -0.2) is 0 Å². The van der Waals surface area contributed by atoms with Crippen molar-refractivity contribution in [3.05, 3.63) is 124 Å². The molecule has 7 nitrogen and oxygen atoms in total. The Hall–Kier alpha value is -4.53. The van der Waals surface area contributed by atoms with E-state index in [1.165, 1.54) is 37.1 Å². The standard InChI is InChI=1S/C31H25ClN2O5S/c1-39-29-18-23(35)15-14-21(29)16-27(34-30(37)20-8-3-2-4-9-20)31(38)33-22-10-7-11-24(17-22)40-19-28(36)25-12-5-6-13-26(25)32/h2-18,35H,19H2,1H3,(H,33,38)(H,34,37)/b27-16-. The summed E-state index contributed by atoms with van der Waals surface area (Å²) in [5.74, 6) is -0.672. The third-order valence-electron chi connectivity index (χ3n) is 5.68. The molecule has 2 amide bonds. The molecule has 3 N–H and O–H groups in total. The van der Waals surface area contributed by atoms with E-state index in [1.54, 1.807) is 78.9 Å². The van der Waals surface area contributed by atoms with Crippen LogP contribution in [0.1, 0.15) is 26.3 Å². The number of ketones is 1. The largest absolute Gasteiger partial charge is 0.508 e. The molecule has 0 saturated heterocycles. The molecule has 0 atom stereocenters. The van der Waals surface area contributed by atoms with Crippen LogP contribution in [0.25, 0.3) is 6.08 Å². The first kappa shape index (κ1) is 28.5. The van der Waals surface area contributed by atoms with Crippen molar-refractivity contribution < 1.29 is 24.2 Å². The fraction of sp³-hybridized carbons (Fsp3) is 0.0645. The van der Waals surface area contributed by atoms with Gasteiger partial charge in [-0.05, 0) is 60.7 Å². The van der Waals surface area contributed by atoms with Crippen LogP contribution in [-0.2, 0) is 4.79 Å². The number of rotatable bonds is 10. The first-order chi connectivity index (χ1) is 19.3.